The Morgan fingerprint density at radius 3 is 0.848 bits per heavy atom. The number of unbranched alkanes of at least 4 members (excludes halogenated alkanes) is 50. The Kier molecular flexibility index (Phi) is 59.6. The fourth-order valence-electron chi connectivity index (χ4n) is 10.1. The van der Waals surface area contributed by atoms with E-state index < -0.39 is 0 Å². The molecule has 0 rings (SSSR count). The van der Waals surface area contributed by atoms with Crippen LogP contribution in [0.1, 0.15) is 380 Å². The predicted octanol–water partition coefficient (Wildman–Crippen LogP) is 23.6. The lowest BCUT2D eigenvalue weighted by Gasteiger charge is -2.07. The molecule has 1 atom stereocenters. The minimum atomic E-state index is 0.0321. The minimum absolute atomic E-state index is 0.0321. The van der Waals surface area contributed by atoms with E-state index in [9.17, 15) is 4.79 Å². The van der Waals surface area contributed by atoms with E-state index in [-0.39, 0.29) is 5.97 Å². The highest BCUT2D eigenvalue weighted by Gasteiger charge is 2.04. The molecule has 2 nitrogen and oxygen atoms in total. The first-order valence-corrected chi connectivity index (χ1v) is 31.5. The Morgan fingerprint density at radius 2 is 0.561 bits per heavy atom. The first-order valence-electron chi connectivity index (χ1n) is 31.5. The Bertz CT molecular complexity index is 893. The molecule has 0 aromatic carbocycles. The Hall–Kier alpha value is -0.790. The van der Waals surface area contributed by atoms with Crippen molar-refractivity contribution in [2.24, 2.45) is 5.92 Å². The van der Waals surface area contributed by atoms with E-state index in [0.717, 1.165) is 18.8 Å². The quantitative estimate of drug-likeness (QED) is 0.0345. The molecule has 0 spiro atoms. The molecule has 0 fully saturated rings. The molecule has 394 valence electrons. The van der Waals surface area contributed by atoms with Crippen LogP contribution in [0.5, 0.6) is 0 Å². The molecule has 0 bridgehead atoms. The van der Waals surface area contributed by atoms with Gasteiger partial charge in [-0.3, -0.25) is 4.79 Å². The van der Waals surface area contributed by atoms with Crippen molar-refractivity contribution in [2.75, 3.05) is 6.61 Å². The number of carbonyl (C=O) groups excluding carboxylic acids is 1. The maximum atomic E-state index is 12.1. The molecule has 0 amide bonds. The number of ether oxygens (including phenoxy) is 1. The molecule has 0 saturated heterocycles. The van der Waals surface area contributed by atoms with Gasteiger partial charge in [0.25, 0.3) is 0 Å². The van der Waals surface area contributed by atoms with Crippen molar-refractivity contribution in [1.82, 2.24) is 0 Å². The van der Waals surface area contributed by atoms with Gasteiger partial charge < -0.3 is 4.74 Å². The number of hydrogen-bond acceptors (Lipinski definition) is 2. The summed E-state index contributed by atoms with van der Waals surface area (Å²) >= 11 is 0. The topological polar surface area (TPSA) is 26.3 Å². The average Bonchev–Trinajstić information content (AvgIpc) is 3.32. The molecular weight excluding hydrogens is 801 g/mol. The van der Waals surface area contributed by atoms with Gasteiger partial charge in [-0.25, -0.2) is 0 Å². The lowest BCUT2D eigenvalue weighted by atomic mass is 9.99. The van der Waals surface area contributed by atoms with Crippen molar-refractivity contribution in [3.8, 4) is 0 Å². The molecule has 0 saturated carbocycles. The van der Waals surface area contributed by atoms with E-state index in [0.29, 0.717) is 13.0 Å². The van der Waals surface area contributed by atoms with Gasteiger partial charge in [-0.05, 0) is 44.4 Å². The van der Waals surface area contributed by atoms with Gasteiger partial charge in [-0.1, -0.05) is 348 Å². The zero-order valence-corrected chi connectivity index (χ0v) is 46.4. The number of carbonyl (C=O) groups is 1. The number of rotatable bonds is 59. The fraction of sp³-hybridized carbons (Fsp3) is 0.953. The molecule has 0 aromatic rings. The summed E-state index contributed by atoms with van der Waals surface area (Å²) in [5.74, 6) is 0.973. The third-order valence-electron chi connectivity index (χ3n) is 15.2. The van der Waals surface area contributed by atoms with Crippen LogP contribution in [-0.2, 0) is 9.53 Å². The zero-order valence-electron chi connectivity index (χ0n) is 46.4. The molecule has 2 heteroatoms. The summed E-state index contributed by atoms with van der Waals surface area (Å²) in [6.45, 7) is 7.66. The second-order valence-electron chi connectivity index (χ2n) is 22.0. The van der Waals surface area contributed by atoms with Gasteiger partial charge >= 0.3 is 5.97 Å². The lowest BCUT2D eigenvalue weighted by molar-refractivity contribution is -0.143. The summed E-state index contributed by atoms with van der Waals surface area (Å²) in [5.41, 5.74) is 0. The maximum absolute atomic E-state index is 12.1. The summed E-state index contributed by atoms with van der Waals surface area (Å²) in [6, 6.07) is 0. The molecule has 0 aromatic heterocycles. The zero-order chi connectivity index (χ0) is 47.6. The van der Waals surface area contributed by atoms with Gasteiger partial charge in [0, 0.05) is 6.42 Å². The van der Waals surface area contributed by atoms with Gasteiger partial charge in [0.2, 0.25) is 0 Å². The van der Waals surface area contributed by atoms with Crippen molar-refractivity contribution in [2.45, 2.75) is 380 Å². The first-order chi connectivity index (χ1) is 32.7. The Morgan fingerprint density at radius 1 is 0.318 bits per heavy atom. The van der Waals surface area contributed by atoms with E-state index in [1.165, 1.54) is 340 Å². The van der Waals surface area contributed by atoms with Crippen molar-refractivity contribution in [3.05, 3.63) is 12.2 Å². The van der Waals surface area contributed by atoms with Gasteiger partial charge in [-0.2, -0.15) is 0 Å². The van der Waals surface area contributed by atoms with Crippen LogP contribution >= 0.6 is 0 Å². The van der Waals surface area contributed by atoms with Crippen LogP contribution in [0, 0.1) is 5.92 Å². The lowest BCUT2D eigenvalue weighted by Crippen LogP contribution is -2.05. The third kappa shape index (κ3) is 59.3. The molecule has 0 aliphatic carbocycles. The molecule has 1 unspecified atom stereocenters. The van der Waals surface area contributed by atoms with Crippen LogP contribution in [-0.4, -0.2) is 12.6 Å². The van der Waals surface area contributed by atoms with Crippen molar-refractivity contribution in [3.63, 3.8) is 0 Å². The Balaban J connectivity index is 3.15. The predicted molar refractivity (Wildman–Crippen MR) is 299 cm³/mol. The maximum Gasteiger partial charge on any atom is 0.305 e. The van der Waals surface area contributed by atoms with E-state index in [1.807, 2.05) is 0 Å². The highest BCUT2D eigenvalue weighted by Crippen LogP contribution is 2.19. The summed E-state index contributed by atoms with van der Waals surface area (Å²) in [6.07, 6.45) is 82.7. The normalized spacial score (nSPS) is 12.2. The smallest absolute Gasteiger partial charge is 0.305 e. The summed E-state index contributed by atoms with van der Waals surface area (Å²) in [4.78, 5) is 12.1. The van der Waals surface area contributed by atoms with Crippen molar-refractivity contribution < 1.29 is 9.53 Å². The van der Waals surface area contributed by atoms with Gasteiger partial charge in [-0.15, -0.1) is 0 Å². The van der Waals surface area contributed by atoms with Crippen molar-refractivity contribution >= 4 is 5.97 Å². The highest BCUT2D eigenvalue weighted by atomic mass is 16.5. The second kappa shape index (κ2) is 60.3. The summed E-state index contributed by atoms with van der Waals surface area (Å²) in [7, 11) is 0. The molecular formula is C64H126O2. The first kappa shape index (κ1) is 65.2. The number of esters is 1. The van der Waals surface area contributed by atoms with Crippen LogP contribution < -0.4 is 0 Å². The molecule has 0 N–H and O–H groups in total. The Labute approximate surface area is 418 Å². The standard InChI is InChI=1S/C64H126O2/c1-4-6-7-8-9-10-11-12-13-14-15-30-34-37-40-43-46-49-52-55-58-61-64(65)66-62-59-56-53-50-47-44-41-38-35-32-29-27-25-23-21-19-17-16-18-20-22-24-26-28-31-33-36-39-42-45-48-51-54-57-60-63(3)5-2/h12-13,63H,4-11,14-62H2,1-3H3. The molecule has 0 aliphatic heterocycles. The largest absolute Gasteiger partial charge is 0.466 e. The van der Waals surface area contributed by atoms with Gasteiger partial charge in [0.1, 0.15) is 0 Å². The average molecular weight is 928 g/mol. The number of hydrogen-bond donors (Lipinski definition) is 0. The van der Waals surface area contributed by atoms with Crippen LogP contribution in [0.3, 0.4) is 0 Å². The second-order valence-corrected chi connectivity index (χ2v) is 22.0. The summed E-state index contributed by atoms with van der Waals surface area (Å²) < 4.78 is 5.52. The fourth-order valence-corrected chi connectivity index (χ4v) is 10.1. The monoisotopic (exact) mass is 927 g/mol. The minimum Gasteiger partial charge on any atom is -0.466 e. The number of allylic oxidation sites excluding steroid dienone is 2. The van der Waals surface area contributed by atoms with Crippen LogP contribution in [0.15, 0.2) is 12.2 Å². The molecule has 66 heavy (non-hydrogen) atoms. The molecule has 0 heterocycles. The van der Waals surface area contributed by atoms with E-state index >= 15 is 0 Å². The third-order valence-corrected chi connectivity index (χ3v) is 15.2. The van der Waals surface area contributed by atoms with Gasteiger partial charge in [0.15, 0.2) is 0 Å². The van der Waals surface area contributed by atoms with Crippen LogP contribution in [0.25, 0.3) is 0 Å². The van der Waals surface area contributed by atoms with Gasteiger partial charge in [0.05, 0.1) is 6.61 Å². The molecule has 0 aliphatic rings. The van der Waals surface area contributed by atoms with Crippen molar-refractivity contribution in [1.29, 1.82) is 0 Å². The molecule has 0 radical (unpaired) electrons. The van der Waals surface area contributed by atoms with E-state index in [1.54, 1.807) is 0 Å². The highest BCUT2D eigenvalue weighted by molar-refractivity contribution is 5.69. The SMILES string of the molecule is CCCCCCCCC=CCCCCCCCCCCCCCC(=O)OCCCCCCCCCCCCCCCCCCCCCCCCCCCCCCCCCCCCC(C)CC. The van der Waals surface area contributed by atoms with E-state index in [2.05, 4.69) is 32.9 Å². The van der Waals surface area contributed by atoms with Crippen LogP contribution in [0.2, 0.25) is 0 Å². The summed E-state index contributed by atoms with van der Waals surface area (Å²) in [5, 5.41) is 0. The van der Waals surface area contributed by atoms with E-state index in [4.69, 9.17) is 4.74 Å². The van der Waals surface area contributed by atoms with Crippen LogP contribution in [0.4, 0.5) is 0 Å².